The van der Waals surface area contributed by atoms with E-state index in [1.807, 2.05) is 11.8 Å². The van der Waals surface area contributed by atoms with Crippen LogP contribution < -0.4 is 10.6 Å². The molecule has 2 N–H and O–H groups in total. The highest BCUT2D eigenvalue weighted by atomic mass is 32.2. The highest BCUT2D eigenvalue weighted by Crippen LogP contribution is 2.31. The smallest absolute Gasteiger partial charge is 0.107 e. The summed E-state index contributed by atoms with van der Waals surface area (Å²) in [5.74, 6) is 2.10. The first-order valence-electron chi connectivity index (χ1n) is 6.30. The molecule has 1 aromatic rings. The maximum Gasteiger partial charge on any atom is 0.107 e. The molecule has 1 atom stereocenters. The summed E-state index contributed by atoms with van der Waals surface area (Å²) in [5, 5.41) is 0. The molecule has 0 saturated carbocycles. The van der Waals surface area contributed by atoms with E-state index in [1.165, 1.54) is 4.90 Å². The van der Waals surface area contributed by atoms with Crippen LogP contribution in [-0.2, 0) is 0 Å². The zero-order valence-corrected chi connectivity index (χ0v) is 14.4. The summed E-state index contributed by atoms with van der Waals surface area (Å²) < 4.78 is 0. The lowest BCUT2D eigenvalue weighted by atomic mass is 10.1. The third-order valence-corrected chi connectivity index (χ3v) is 4.96. The van der Waals surface area contributed by atoms with Crippen molar-refractivity contribution < 1.29 is 0 Å². The molecule has 0 bridgehead atoms. The van der Waals surface area contributed by atoms with Crippen LogP contribution in [0.25, 0.3) is 0 Å². The molecule has 1 unspecified atom stereocenters. The van der Waals surface area contributed by atoms with E-state index in [-0.39, 0.29) is 0 Å². The van der Waals surface area contributed by atoms with E-state index in [0.29, 0.717) is 11.0 Å². The fourth-order valence-electron chi connectivity index (χ4n) is 1.93. The third-order valence-electron chi connectivity index (χ3n) is 3.00. The van der Waals surface area contributed by atoms with Crippen molar-refractivity contribution in [2.75, 3.05) is 29.7 Å². The van der Waals surface area contributed by atoms with Gasteiger partial charge in [0.25, 0.3) is 0 Å². The number of rotatable bonds is 7. The van der Waals surface area contributed by atoms with Crippen molar-refractivity contribution >= 4 is 46.4 Å². The van der Waals surface area contributed by atoms with Gasteiger partial charge >= 0.3 is 0 Å². The minimum absolute atomic E-state index is 0.449. The molecule has 0 radical (unpaired) electrons. The monoisotopic (exact) mass is 314 g/mol. The molecule has 0 saturated heterocycles. The number of nitrogens with two attached hydrogens (primary N) is 1. The van der Waals surface area contributed by atoms with Gasteiger partial charge in [0.2, 0.25) is 0 Å². The van der Waals surface area contributed by atoms with E-state index in [4.69, 9.17) is 18.0 Å². The van der Waals surface area contributed by atoms with Crippen LogP contribution in [0, 0.1) is 0 Å². The van der Waals surface area contributed by atoms with E-state index < -0.39 is 0 Å². The highest BCUT2D eigenvalue weighted by Gasteiger charge is 2.17. The normalized spacial score (nSPS) is 12.2. The summed E-state index contributed by atoms with van der Waals surface area (Å²) in [6, 6.07) is 6.73. The van der Waals surface area contributed by atoms with Crippen LogP contribution in [0.4, 0.5) is 5.69 Å². The Kier molecular flexibility index (Phi) is 7.04. The molecular formula is C14H22N2S3. The maximum atomic E-state index is 5.94. The number of thiocarbonyl (C=S) groups is 1. The highest BCUT2D eigenvalue weighted by molar-refractivity contribution is 7.99. The Labute approximate surface area is 130 Å². The molecule has 1 aromatic carbocycles. The molecule has 2 nitrogen and oxygen atoms in total. The molecule has 106 valence electrons. The fourth-order valence-corrected chi connectivity index (χ4v) is 3.76. The number of hydrogen-bond donors (Lipinski definition) is 1. The lowest BCUT2D eigenvalue weighted by Gasteiger charge is -2.29. The van der Waals surface area contributed by atoms with Gasteiger partial charge in [-0.05, 0) is 31.1 Å². The molecule has 0 aliphatic rings. The van der Waals surface area contributed by atoms with Crippen LogP contribution in [0.2, 0.25) is 0 Å². The van der Waals surface area contributed by atoms with E-state index >= 15 is 0 Å². The quantitative estimate of drug-likeness (QED) is 0.613. The van der Waals surface area contributed by atoms with Gasteiger partial charge in [-0.2, -0.15) is 11.8 Å². The molecule has 0 amide bonds. The topological polar surface area (TPSA) is 29.3 Å². The van der Waals surface area contributed by atoms with Gasteiger partial charge in [-0.1, -0.05) is 25.2 Å². The summed E-state index contributed by atoms with van der Waals surface area (Å²) >= 11 is 8.89. The molecule has 0 aliphatic heterocycles. The summed E-state index contributed by atoms with van der Waals surface area (Å²) in [4.78, 5) is 3.93. The van der Waals surface area contributed by atoms with Crippen molar-refractivity contribution in [2.24, 2.45) is 5.73 Å². The average molecular weight is 315 g/mol. The lowest BCUT2D eigenvalue weighted by Crippen LogP contribution is -2.32. The molecule has 19 heavy (non-hydrogen) atoms. The zero-order chi connectivity index (χ0) is 14.4. The zero-order valence-electron chi connectivity index (χ0n) is 12.0. The number of hydrogen-bond acceptors (Lipinski definition) is 4. The second kappa shape index (κ2) is 8.02. The molecule has 1 rings (SSSR count). The predicted octanol–water partition coefficient (Wildman–Crippen LogP) is 3.62. The molecule has 0 spiro atoms. The SMILES string of the molecule is CCSc1cccc(N(C)C(C)CSC)c1C(N)=S. The summed E-state index contributed by atoms with van der Waals surface area (Å²) in [6.45, 7) is 4.36. The van der Waals surface area contributed by atoms with Gasteiger partial charge in [0, 0.05) is 35.0 Å². The van der Waals surface area contributed by atoms with E-state index in [2.05, 4.69) is 50.2 Å². The van der Waals surface area contributed by atoms with Crippen molar-refractivity contribution in [1.29, 1.82) is 0 Å². The minimum atomic E-state index is 0.449. The van der Waals surface area contributed by atoms with Crippen LogP contribution in [0.3, 0.4) is 0 Å². The first-order valence-corrected chi connectivity index (χ1v) is 9.09. The number of thioether (sulfide) groups is 2. The van der Waals surface area contributed by atoms with Crippen LogP contribution in [0.15, 0.2) is 23.1 Å². The van der Waals surface area contributed by atoms with Gasteiger partial charge in [-0.25, -0.2) is 0 Å². The third kappa shape index (κ3) is 4.29. The Balaban J connectivity index is 3.18. The Morgan fingerprint density at radius 1 is 1.47 bits per heavy atom. The fraction of sp³-hybridized carbons (Fsp3) is 0.500. The van der Waals surface area contributed by atoms with Crippen molar-refractivity contribution in [2.45, 2.75) is 24.8 Å². The van der Waals surface area contributed by atoms with E-state index in [9.17, 15) is 0 Å². The summed E-state index contributed by atoms with van der Waals surface area (Å²) in [6.07, 6.45) is 2.13. The number of anilines is 1. The van der Waals surface area contributed by atoms with Crippen LogP contribution >= 0.6 is 35.7 Å². The van der Waals surface area contributed by atoms with Gasteiger partial charge in [-0.3, -0.25) is 0 Å². The molecule has 0 fully saturated rings. The standard InChI is InChI=1S/C14H22N2S3/c1-5-19-12-8-6-7-11(13(12)14(15)17)16(3)10(2)9-18-4/h6-8,10H,5,9H2,1-4H3,(H2,15,17). The van der Waals surface area contributed by atoms with Crippen LogP contribution in [-0.4, -0.2) is 35.8 Å². The number of benzene rings is 1. The number of nitrogens with zero attached hydrogens (tertiary/aromatic N) is 1. The molecule has 0 aromatic heterocycles. The van der Waals surface area contributed by atoms with E-state index in [0.717, 1.165) is 22.8 Å². The molecule has 5 heteroatoms. The summed E-state index contributed by atoms with van der Waals surface area (Å²) in [5.41, 5.74) is 8.09. The Hall–Kier alpha value is -0.390. The first-order chi connectivity index (χ1) is 9.02. The largest absolute Gasteiger partial charge is 0.389 e. The second-order valence-electron chi connectivity index (χ2n) is 4.36. The average Bonchev–Trinajstić information content (AvgIpc) is 2.38. The minimum Gasteiger partial charge on any atom is -0.389 e. The first kappa shape index (κ1) is 16.7. The van der Waals surface area contributed by atoms with Crippen molar-refractivity contribution in [1.82, 2.24) is 0 Å². The van der Waals surface area contributed by atoms with Gasteiger partial charge in [0.05, 0.1) is 0 Å². The molecular weight excluding hydrogens is 292 g/mol. The van der Waals surface area contributed by atoms with Crippen LogP contribution in [0.1, 0.15) is 19.4 Å². The van der Waals surface area contributed by atoms with Gasteiger partial charge in [0.15, 0.2) is 0 Å². The molecule has 0 aliphatic carbocycles. The predicted molar refractivity (Wildman–Crippen MR) is 95.0 cm³/mol. The Morgan fingerprint density at radius 3 is 2.68 bits per heavy atom. The molecule has 0 heterocycles. The Bertz CT molecular complexity index is 435. The van der Waals surface area contributed by atoms with Crippen molar-refractivity contribution in [3.8, 4) is 0 Å². The van der Waals surface area contributed by atoms with Gasteiger partial charge in [-0.15, -0.1) is 11.8 Å². The van der Waals surface area contributed by atoms with Gasteiger partial charge in [0.1, 0.15) is 4.99 Å². The van der Waals surface area contributed by atoms with Crippen LogP contribution in [0.5, 0.6) is 0 Å². The maximum absolute atomic E-state index is 5.94. The summed E-state index contributed by atoms with van der Waals surface area (Å²) in [7, 11) is 2.11. The van der Waals surface area contributed by atoms with Crippen molar-refractivity contribution in [3.05, 3.63) is 23.8 Å². The second-order valence-corrected chi connectivity index (χ2v) is 7.02. The van der Waals surface area contributed by atoms with Crippen molar-refractivity contribution in [3.63, 3.8) is 0 Å². The van der Waals surface area contributed by atoms with E-state index in [1.54, 1.807) is 11.8 Å². The lowest BCUT2D eigenvalue weighted by molar-refractivity contribution is 0.764. The Morgan fingerprint density at radius 2 is 2.16 bits per heavy atom. The van der Waals surface area contributed by atoms with Gasteiger partial charge < -0.3 is 10.6 Å².